The second-order valence-corrected chi connectivity index (χ2v) is 10.3. The molecule has 1 aliphatic carbocycles. The summed E-state index contributed by atoms with van der Waals surface area (Å²) < 4.78 is 7.94. The molecule has 0 saturated carbocycles. The maximum atomic E-state index is 13.2. The van der Waals surface area contributed by atoms with E-state index in [0.717, 1.165) is 38.7 Å². The van der Waals surface area contributed by atoms with Crippen LogP contribution in [0.3, 0.4) is 0 Å². The summed E-state index contributed by atoms with van der Waals surface area (Å²) in [7, 11) is 0. The molecule has 6 nitrogen and oxygen atoms in total. The molecule has 0 bridgehead atoms. The van der Waals surface area contributed by atoms with Crippen LogP contribution in [0.4, 0.5) is 4.79 Å². The quantitative estimate of drug-likeness (QED) is 0.354. The highest BCUT2D eigenvalue weighted by molar-refractivity contribution is 5.85. The minimum Gasteiger partial charge on any atom is -0.480 e. The summed E-state index contributed by atoms with van der Waals surface area (Å²) in [6.45, 7) is 6.20. The zero-order chi connectivity index (χ0) is 25.4. The second kappa shape index (κ2) is 9.19. The second-order valence-electron chi connectivity index (χ2n) is 10.3. The van der Waals surface area contributed by atoms with Gasteiger partial charge >= 0.3 is 12.1 Å². The van der Waals surface area contributed by atoms with Gasteiger partial charge in [0.1, 0.15) is 13.2 Å². The molecule has 1 heterocycles. The molecule has 0 aliphatic heterocycles. The third-order valence-corrected chi connectivity index (χ3v) is 6.80. The van der Waals surface area contributed by atoms with E-state index in [4.69, 9.17) is 4.74 Å². The molecule has 0 spiro atoms. The van der Waals surface area contributed by atoms with Crippen LogP contribution in [-0.2, 0) is 21.6 Å². The molecule has 0 radical (unpaired) electrons. The van der Waals surface area contributed by atoms with Crippen LogP contribution in [0.1, 0.15) is 43.4 Å². The van der Waals surface area contributed by atoms with Crippen molar-refractivity contribution in [3.63, 3.8) is 0 Å². The van der Waals surface area contributed by atoms with Crippen LogP contribution in [0.15, 0.2) is 79.0 Å². The standard InChI is InChI=1S/C30H30N2O4/c1-30(2,3)32-17-20(21-10-8-9-15-27(21)32)16-31(18-28(33)34)29(35)36-19-26-24-13-6-4-11-22(24)23-12-5-7-14-25(23)26/h4-15,17,26H,16,18-19H2,1-3H3,(H,33,34). The molecule has 1 amide bonds. The van der Waals surface area contributed by atoms with Crippen molar-refractivity contribution in [1.82, 2.24) is 9.47 Å². The van der Waals surface area contributed by atoms with Crippen LogP contribution in [0.25, 0.3) is 22.0 Å². The van der Waals surface area contributed by atoms with Gasteiger partial charge in [-0.05, 0) is 54.7 Å². The lowest BCUT2D eigenvalue weighted by atomic mass is 9.98. The van der Waals surface area contributed by atoms with Crippen LogP contribution in [0.2, 0.25) is 0 Å². The van der Waals surface area contributed by atoms with Gasteiger partial charge in [-0.2, -0.15) is 0 Å². The molecule has 1 N–H and O–H groups in total. The SMILES string of the molecule is CC(C)(C)n1cc(CN(CC(=O)O)C(=O)OCC2c3ccccc3-c3ccccc32)c2ccccc21. The van der Waals surface area contributed by atoms with Gasteiger partial charge in [0.25, 0.3) is 0 Å². The molecule has 184 valence electrons. The van der Waals surface area contributed by atoms with Gasteiger partial charge in [0, 0.05) is 28.6 Å². The Hall–Kier alpha value is -4.06. The summed E-state index contributed by atoms with van der Waals surface area (Å²) in [6.07, 6.45) is 1.38. The Morgan fingerprint density at radius 1 is 0.917 bits per heavy atom. The number of fused-ring (bicyclic) bond motifs is 4. The molecule has 0 unspecified atom stereocenters. The maximum absolute atomic E-state index is 13.2. The highest BCUT2D eigenvalue weighted by Crippen LogP contribution is 2.44. The van der Waals surface area contributed by atoms with E-state index in [0.29, 0.717) is 0 Å². The van der Waals surface area contributed by atoms with Crippen LogP contribution in [0, 0.1) is 0 Å². The Morgan fingerprint density at radius 3 is 2.11 bits per heavy atom. The van der Waals surface area contributed by atoms with E-state index in [1.807, 2.05) is 54.7 Å². The summed E-state index contributed by atoms with van der Waals surface area (Å²) in [5, 5.41) is 10.5. The number of nitrogens with zero attached hydrogens (tertiary/aromatic N) is 2. The molecular formula is C30H30N2O4. The number of carbonyl (C=O) groups is 2. The van der Waals surface area contributed by atoms with E-state index in [1.165, 1.54) is 4.90 Å². The first-order chi connectivity index (χ1) is 17.2. The molecule has 0 fully saturated rings. The minimum atomic E-state index is -1.08. The highest BCUT2D eigenvalue weighted by atomic mass is 16.6. The Balaban J connectivity index is 1.40. The van der Waals surface area contributed by atoms with Crippen LogP contribution < -0.4 is 0 Å². The van der Waals surface area contributed by atoms with Crippen molar-refractivity contribution in [3.8, 4) is 11.1 Å². The van der Waals surface area contributed by atoms with E-state index in [9.17, 15) is 14.7 Å². The fraction of sp³-hybridized carbons (Fsp3) is 0.267. The van der Waals surface area contributed by atoms with Gasteiger partial charge in [0.05, 0.1) is 6.54 Å². The topological polar surface area (TPSA) is 71.8 Å². The summed E-state index contributed by atoms with van der Waals surface area (Å²) in [6, 6.07) is 24.2. The fourth-order valence-electron chi connectivity index (χ4n) is 5.17. The minimum absolute atomic E-state index is 0.0872. The summed E-state index contributed by atoms with van der Waals surface area (Å²) in [5.41, 5.74) is 6.28. The van der Waals surface area contributed by atoms with Crippen LogP contribution in [0.5, 0.6) is 0 Å². The number of ether oxygens (including phenoxy) is 1. The van der Waals surface area contributed by atoms with Crippen LogP contribution >= 0.6 is 0 Å². The van der Waals surface area contributed by atoms with Gasteiger partial charge in [0.15, 0.2) is 0 Å². The lowest BCUT2D eigenvalue weighted by Gasteiger charge is -2.23. The summed E-state index contributed by atoms with van der Waals surface area (Å²) in [5.74, 6) is -1.17. The number of carbonyl (C=O) groups excluding carboxylic acids is 1. The maximum Gasteiger partial charge on any atom is 0.410 e. The van der Waals surface area contributed by atoms with Crippen molar-refractivity contribution < 1.29 is 19.4 Å². The van der Waals surface area contributed by atoms with E-state index in [1.54, 1.807) is 0 Å². The number of hydrogen-bond acceptors (Lipinski definition) is 3. The van der Waals surface area contributed by atoms with Gasteiger partial charge in [0.2, 0.25) is 0 Å². The van der Waals surface area contributed by atoms with Crippen molar-refractivity contribution in [2.75, 3.05) is 13.2 Å². The molecule has 36 heavy (non-hydrogen) atoms. The molecule has 1 aromatic heterocycles. The van der Waals surface area contributed by atoms with E-state index in [-0.39, 0.29) is 24.6 Å². The normalized spacial score (nSPS) is 12.9. The van der Waals surface area contributed by atoms with Gasteiger partial charge in [-0.25, -0.2) is 4.79 Å². The first-order valence-electron chi connectivity index (χ1n) is 12.1. The number of benzene rings is 3. The zero-order valence-corrected chi connectivity index (χ0v) is 20.8. The predicted octanol–water partition coefficient (Wildman–Crippen LogP) is 6.23. The number of carboxylic acid groups (broad SMARTS) is 1. The third-order valence-electron chi connectivity index (χ3n) is 6.80. The van der Waals surface area contributed by atoms with Crippen molar-refractivity contribution in [2.45, 2.75) is 38.8 Å². The van der Waals surface area contributed by atoms with E-state index < -0.39 is 18.6 Å². The Kier molecular flexibility index (Phi) is 6.04. The number of para-hydroxylation sites is 1. The first-order valence-corrected chi connectivity index (χ1v) is 12.1. The number of carboxylic acids is 1. The molecule has 0 saturated heterocycles. The van der Waals surface area contributed by atoms with Gasteiger partial charge in [-0.15, -0.1) is 0 Å². The first kappa shape index (κ1) is 23.7. The largest absolute Gasteiger partial charge is 0.480 e. The van der Waals surface area contributed by atoms with Crippen LogP contribution in [-0.4, -0.2) is 39.8 Å². The van der Waals surface area contributed by atoms with Crippen molar-refractivity contribution in [3.05, 3.63) is 95.7 Å². The number of aromatic nitrogens is 1. The number of aliphatic carboxylic acids is 1. The lowest BCUT2D eigenvalue weighted by molar-refractivity contribution is -0.138. The summed E-state index contributed by atoms with van der Waals surface area (Å²) >= 11 is 0. The average molecular weight is 483 g/mol. The van der Waals surface area contributed by atoms with E-state index >= 15 is 0 Å². The molecule has 3 aromatic carbocycles. The van der Waals surface area contributed by atoms with Crippen molar-refractivity contribution >= 4 is 23.0 Å². The lowest BCUT2D eigenvalue weighted by Crippen LogP contribution is -2.36. The summed E-state index contributed by atoms with van der Waals surface area (Å²) in [4.78, 5) is 26.2. The zero-order valence-electron chi connectivity index (χ0n) is 20.8. The monoisotopic (exact) mass is 482 g/mol. The average Bonchev–Trinajstić information content (AvgIpc) is 3.38. The van der Waals surface area contributed by atoms with Gasteiger partial charge in [-0.3, -0.25) is 9.69 Å². The van der Waals surface area contributed by atoms with Crippen molar-refractivity contribution in [2.24, 2.45) is 0 Å². The van der Waals surface area contributed by atoms with Gasteiger partial charge < -0.3 is 14.4 Å². The predicted molar refractivity (Wildman–Crippen MR) is 140 cm³/mol. The highest BCUT2D eigenvalue weighted by Gasteiger charge is 2.30. The Bertz CT molecular complexity index is 1400. The molecule has 4 aromatic rings. The number of amides is 1. The van der Waals surface area contributed by atoms with Crippen molar-refractivity contribution in [1.29, 1.82) is 0 Å². The third kappa shape index (κ3) is 4.35. The number of rotatable bonds is 6. The Morgan fingerprint density at radius 2 is 1.50 bits per heavy atom. The van der Waals surface area contributed by atoms with E-state index in [2.05, 4.69) is 49.6 Å². The van der Waals surface area contributed by atoms with Gasteiger partial charge in [-0.1, -0.05) is 66.7 Å². The fourth-order valence-corrected chi connectivity index (χ4v) is 5.17. The molecule has 1 aliphatic rings. The molecule has 6 heteroatoms. The smallest absolute Gasteiger partial charge is 0.410 e. The molecule has 0 atom stereocenters. The Labute approximate surface area is 210 Å². The number of hydrogen-bond donors (Lipinski definition) is 1. The molecule has 5 rings (SSSR count). The molecular weight excluding hydrogens is 452 g/mol.